The zero-order valence-corrected chi connectivity index (χ0v) is 22.5. The maximum absolute atomic E-state index is 4.35. The molecule has 3 heteroatoms. The summed E-state index contributed by atoms with van der Waals surface area (Å²) in [5, 5.41) is 0. The fourth-order valence-electron chi connectivity index (χ4n) is 6.83. The molecule has 0 bridgehead atoms. The van der Waals surface area contributed by atoms with Crippen LogP contribution < -0.4 is 9.96 Å². The monoisotopic (exact) mass is 422 g/mol. The number of hydrogen-bond acceptors (Lipinski definition) is 2. The van der Waals surface area contributed by atoms with E-state index in [1.54, 1.807) is 0 Å². The average molecular weight is 423 g/mol. The molecule has 0 saturated heterocycles. The molecule has 0 radical (unpaired) electrons. The third-order valence-electron chi connectivity index (χ3n) is 8.48. The molecule has 4 atom stereocenters. The summed E-state index contributed by atoms with van der Waals surface area (Å²) in [5.41, 5.74) is 0. The molecule has 0 heterocycles. The smallest absolute Gasteiger partial charge is 0.195 e. The predicted octanol–water partition coefficient (Wildman–Crippen LogP) is 7.06. The minimum absolute atomic E-state index is 0.691. The SMILES string of the molecule is CC(C)C1CCCC(C(C)C)C1N[Si](C)(C)NC1C(C(C)C)CCCC1C(C)C. The van der Waals surface area contributed by atoms with Gasteiger partial charge in [-0.15, -0.1) is 0 Å². The third kappa shape index (κ3) is 6.56. The maximum atomic E-state index is 4.35. The van der Waals surface area contributed by atoms with Gasteiger partial charge in [0, 0.05) is 12.1 Å². The van der Waals surface area contributed by atoms with Crippen molar-refractivity contribution in [2.45, 2.75) is 119 Å². The standard InChI is InChI=1S/C26H54N2Si/c1-17(2)21-13-11-14-22(18(3)4)25(21)27-29(9,10)28-26-23(19(5)6)15-12-16-24(26)20(7)8/h17-28H,11-16H2,1-10H3. The van der Waals surface area contributed by atoms with Crippen molar-refractivity contribution in [2.75, 3.05) is 0 Å². The van der Waals surface area contributed by atoms with Gasteiger partial charge in [-0.3, -0.25) is 0 Å². The molecule has 2 aliphatic rings. The average Bonchev–Trinajstić information content (AvgIpc) is 2.60. The Morgan fingerprint density at radius 3 is 0.966 bits per heavy atom. The van der Waals surface area contributed by atoms with Crippen LogP contribution in [0.2, 0.25) is 13.1 Å². The van der Waals surface area contributed by atoms with Gasteiger partial charge in [-0.2, -0.15) is 0 Å². The highest BCUT2D eigenvalue weighted by molar-refractivity contribution is 6.72. The first-order chi connectivity index (χ1) is 13.4. The largest absolute Gasteiger partial charge is 0.322 e. The first-order valence-electron chi connectivity index (χ1n) is 13.0. The molecule has 2 nitrogen and oxygen atoms in total. The molecule has 2 N–H and O–H groups in total. The Kier molecular flexibility index (Phi) is 9.32. The van der Waals surface area contributed by atoms with E-state index in [0.29, 0.717) is 12.1 Å². The highest BCUT2D eigenvalue weighted by atomic mass is 28.3. The lowest BCUT2D eigenvalue weighted by atomic mass is 9.69. The van der Waals surface area contributed by atoms with E-state index < -0.39 is 8.40 Å². The first-order valence-corrected chi connectivity index (χ1v) is 16.0. The maximum Gasteiger partial charge on any atom is 0.195 e. The Bertz CT molecular complexity index is 411. The molecular weight excluding hydrogens is 368 g/mol. The van der Waals surface area contributed by atoms with E-state index in [0.717, 1.165) is 47.3 Å². The Morgan fingerprint density at radius 1 is 0.517 bits per heavy atom. The topological polar surface area (TPSA) is 24.1 Å². The fourth-order valence-corrected chi connectivity index (χ4v) is 9.43. The lowest BCUT2D eigenvalue weighted by Crippen LogP contribution is -2.69. The van der Waals surface area contributed by atoms with E-state index in [1.165, 1.54) is 38.5 Å². The molecule has 29 heavy (non-hydrogen) atoms. The molecule has 0 amide bonds. The van der Waals surface area contributed by atoms with Crippen molar-refractivity contribution in [3.8, 4) is 0 Å². The molecule has 0 spiro atoms. The van der Waals surface area contributed by atoms with Gasteiger partial charge in [0.05, 0.1) is 0 Å². The minimum Gasteiger partial charge on any atom is -0.322 e. The van der Waals surface area contributed by atoms with Gasteiger partial charge in [-0.25, -0.2) is 0 Å². The van der Waals surface area contributed by atoms with Crippen LogP contribution in [0.5, 0.6) is 0 Å². The molecule has 0 aliphatic heterocycles. The van der Waals surface area contributed by atoms with Crippen molar-refractivity contribution in [1.29, 1.82) is 0 Å². The minimum atomic E-state index is -1.73. The zero-order chi connectivity index (χ0) is 21.9. The summed E-state index contributed by atoms with van der Waals surface area (Å²) in [4.78, 5) is 8.70. The Hall–Kier alpha value is 0.137. The summed E-state index contributed by atoms with van der Waals surface area (Å²) < 4.78 is 0. The predicted molar refractivity (Wildman–Crippen MR) is 132 cm³/mol. The van der Waals surface area contributed by atoms with E-state index in [9.17, 15) is 0 Å². The summed E-state index contributed by atoms with van der Waals surface area (Å²) in [6.45, 7) is 24.7. The lowest BCUT2D eigenvalue weighted by Gasteiger charge is -2.50. The second-order valence-electron chi connectivity index (χ2n) is 12.5. The van der Waals surface area contributed by atoms with Crippen LogP contribution in [-0.2, 0) is 0 Å². The van der Waals surface area contributed by atoms with Crippen LogP contribution in [0.1, 0.15) is 93.9 Å². The summed E-state index contributed by atoms with van der Waals surface area (Å²) in [6.07, 6.45) is 8.50. The van der Waals surface area contributed by atoms with Crippen LogP contribution in [0.25, 0.3) is 0 Å². The second-order valence-corrected chi connectivity index (χ2v) is 16.3. The van der Waals surface area contributed by atoms with Crippen molar-refractivity contribution in [3.63, 3.8) is 0 Å². The molecule has 2 rings (SSSR count). The second kappa shape index (κ2) is 10.6. The van der Waals surface area contributed by atoms with Crippen LogP contribution >= 0.6 is 0 Å². The van der Waals surface area contributed by atoms with E-state index in [-0.39, 0.29) is 0 Å². The molecule has 0 aromatic carbocycles. The number of nitrogens with one attached hydrogen (secondary N) is 2. The van der Waals surface area contributed by atoms with Gasteiger partial charge >= 0.3 is 0 Å². The Balaban J connectivity index is 2.22. The Morgan fingerprint density at radius 2 is 0.759 bits per heavy atom. The van der Waals surface area contributed by atoms with Gasteiger partial charge in [-0.1, -0.05) is 68.2 Å². The molecule has 2 aliphatic carbocycles. The highest BCUT2D eigenvalue weighted by Gasteiger charge is 2.43. The van der Waals surface area contributed by atoms with Gasteiger partial charge in [0.15, 0.2) is 8.40 Å². The summed E-state index contributed by atoms with van der Waals surface area (Å²) in [6, 6.07) is 1.38. The number of rotatable bonds is 8. The van der Waals surface area contributed by atoms with Crippen molar-refractivity contribution in [3.05, 3.63) is 0 Å². The highest BCUT2D eigenvalue weighted by Crippen LogP contribution is 2.40. The molecule has 0 aromatic heterocycles. The number of hydrogen-bond donors (Lipinski definition) is 2. The zero-order valence-electron chi connectivity index (χ0n) is 21.5. The summed E-state index contributed by atoms with van der Waals surface area (Å²) >= 11 is 0. The normalized spacial score (nSPS) is 34.6. The van der Waals surface area contributed by atoms with E-state index >= 15 is 0 Å². The van der Waals surface area contributed by atoms with Crippen molar-refractivity contribution < 1.29 is 0 Å². The van der Waals surface area contributed by atoms with Gasteiger partial charge in [0.1, 0.15) is 0 Å². The van der Waals surface area contributed by atoms with E-state index in [2.05, 4.69) is 78.4 Å². The van der Waals surface area contributed by atoms with Crippen LogP contribution in [0, 0.1) is 47.3 Å². The molecule has 172 valence electrons. The Labute approximate surface area is 184 Å². The van der Waals surface area contributed by atoms with Crippen LogP contribution in [-0.4, -0.2) is 20.5 Å². The molecule has 4 unspecified atom stereocenters. The van der Waals surface area contributed by atoms with Crippen molar-refractivity contribution >= 4 is 8.40 Å². The van der Waals surface area contributed by atoms with Crippen LogP contribution in [0.15, 0.2) is 0 Å². The molecule has 2 fully saturated rings. The van der Waals surface area contributed by atoms with Crippen molar-refractivity contribution in [1.82, 2.24) is 9.96 Å². The van der Waals surface area contributed by atoms with Crippen LogP contribution in [0.3, 0.4) is 0 Å². The van der Waals surface area contributed by atoms with Gasteiger partial charge < -0.3 is 9.96 Å². The quantitative estimate of drug-likeness (QED) is 0.409. The summed E-state index contributed by atoms with van der Waals surface area (Å²) in [7, 11) is -1.73. The van der Waals surface area contributed by atoms with Crippen LogP contribution in [0.4, 0.5) is 0 Å². The van der Waals surface area contributed by atoms with Crippen molar-refractivity contribution in [2.24, 2.45) is 47.3 Å². The summed E-state index contributed by atoms with van der Waals surface area (Å²) in [5.74, 6) is 6.44. The fraction of sp³-hybridized carbons (Fsp3) is 1.00. The van der Waals surface area contributed by atoms with Gasteiger partial charge in [-0.05, 0) is 86.1 Å². The molecule has 0 aromatic rings. The van der Waals surface area contributed by atoms with Gasteiger partial charge in [0.25, 0.3) is 0 Å². The van der Waals surface area contributed by atoms with E-state index in [1.807, 2.05) is 0 Å². The van der Waals surface area contributed by atoms with Gasteiger partial charge in [0.2, 0.25) is 0 Å². The van der Waals surface area contributed by atoms with E-state index in [4.69, 9.17) is 0 Å². The molecular formula is C26H54N2Si. The third-order valence-corrected chi connectivity index (χ3v) is 10.6. The lowest BCUT2D eigenvalue weighted by molar-refractivity contribution is 0.117. The first kappa shape index (κ1) is 25.4. The molecule has 2 saturated carbocycles.